The number of hydrogen-bond acceptors (Lipinski definition) is 4. The maximum Gasteiger partial charge on any atom is 0.305 e. The Balaban J connectivity index is 1.85. The molecule has 1 amide bonds. The fourth-order valence-electron chi connectivity index (χ4n) is 2.50. The molecular weight excluding hydrogens is 278 g/mol. The average Bonchev–Trinajstić information content (AvgIpc) is 3.05. The number of ketones is 1. The topological polar surface area (TPSA) is 74.7 Å². The van der Waals surface area contributed by atoms with Crippen molar-refractivity contribution in [1.82, 2.24) is 4.90 Å². The fourth-order valence-corrected chi connectivity index (χ4v) is 3.20. The van der Waals surface area contributed by atoms with Gasteiger partial charge in [0.2, 0.25) is 5.91 Å². The second-order valence-electron chi connectivity index (χ2n) is 4.88. The number of carboxylic acids is 1. The summed E-state index contributed by atoms with van der Waals surface area (Å²) in [7, 11) is 0. The first-order valence-corrected chi connectivity index (χ1v) is 7.54. The van der Waals surface area contributed by atoms with Gasteiger partial charge in [-0.15, -0.1) is 11.3 Å². The molecular formula is C14H17NO4S. The summed E-state index contributed by atoms with van der Waals surface area (Å²) < 4.78 is 0. The molecule has 1 aliphatic rings. The molecule has 1 aliphatic heterocycles. The molecule has 108 valence electrons. The van der Waals surface area contributed by atoms with Crippen LogP contribution in [0.1, 0.15) is 41.8 Å². The van der Waals surface area contributed by atoms with Gasteiger partial charge in [0.05, 0.1) is 11.3 Å². The zero-order valence-electron chi connectivity index (χ0n) is 11.1. The van der Waals surface area contributed by atoms with Crippen molar-refractivity contribution in [1.29, 1.82) is 0 Å². The van der Waals surface area contributed by atoms with Crippen LogP contribution in [0.5, 0.6) is 0 Å². The maximum absolute atomic E-state index is 12.1. The SMILES string of the molecule is O=C(O)CC1CCCN1C(=O)CCC(=O)c1cccs1. The normalized spacial score (nSPS) is 18.2. The Labute approximate surface area is 121 Å². The lowest BCUT2D eigenvalue weighted by Crippen LogP contribution is -2.36. The summed E-state index contributed by atoms with van der Waals surface area (Å²) in [5.41, 5.74) is 0. The monoisotopic (exact) mass is 295 g/mol. The van der Waals surface area contributed by atoms with E-state index in [1.807, 2.05) is 11.4 Å². The number of Topliss-reactive ketones (excluding diaryl/α,β-unsaturated/α-hetero) is 1. The number of likely N-dealkylation sites (tertiary alicyclic amines) is 1. The van der Waals surface area contributed by atoms with Gasteiger partial charge in [-0.1, -0.05) is 6.07 Å². The van der Waals surface area contributed by atoms with Crippen LogP contribution in [-0.2, 0) is 9.59 Å². The van der Waals surface area contributed by atoms with Gasteiger partial charge < -0.3 is 10.0 Å². The van der Waals surface area contributed by atoms with Crippen molar-refractivity contribution in [2.75, 3.05) is 6.54 Å². The number of rotatable bonds is 6. The van der Waals surface area contributed by atoms with Crippen LogP contribution < -0.4 is 0 Å². The minimum Gasteiger partial charge on any atom is -0.481 e. The highest BCUT2D eigenvalue weighted by Gasteiger charge is 2.30. The van der Waals surface area contributed by atoms with Gasteiger partial charge in [0.15, 0.2) is 5.78 Å². The Morgan fingerprint density at radius 3 is 2.80 bits per heavy atom. The van der Waals surface area contributed by atoms with E-state index in [-0.39, 0.29) is 37.0 Å². The summed E-state index contributed by atoms with van der Waals surface area (Å²) in [5.74, 6) is -1.02. The number of carbonyl (C=O) groups is 3. The third-order valence-corrected chi connectivity index (χ3v) is 4.38. The van der Waals surface area contributed by atoms with E-state index in [4.69, 9.17) is 5.11 Å². The predicted molar refractivity (Wildman–Crippen MR) is 74.9 cm³/mol. The molecule has 2 rings (SSSR count). The molecule has 5 nitrogen and oxygen atoms in total. The molecule has 1 atom stereocenters. The third kappa shape index (κ3) is 3.66. The first-order valence-electron chi connectivity index (χ1n) is 6.66. The number of carboxylic acid groups (broad SMARTS) is 1. The van der Waals surface area contributed by atoms with Crippen LogP contribution in [-0.4, -0.2) is 40.3 Å². The van der Waals surface area contributed by atoms with Crippen molar-refractivity contribution in [2.45, 2.75) is 38.1 Å². The van der Waals surface area contributed by atoms with E-state index in [0.717, 1.165) is 12.8 Å². The van der Waals surface area contributed by atoms with Gasteiger partial charge in [0.25, 0.3) is 0 Å². The highest BCUT2D eigenvalue weighted by molar-refractivity contribution is 7.12. The minimum absolute atomic E-state index is 0.00931. The average molecular weight is 295 g/mol. The Kier molecular flexibility index (Phi) is 4.89. The van der Waals surface area contributed by atoms with E-state index in [9.17, 15) is 14.4 Å². The second kappa shape index (κ2) is 6.65. The summed E-state index contributed by atoms with van der Waals surface area (Å²) in [6, 6.07) is 3.35. The van der Waals surface area contributed by atoms with E-state index in [0.29, 0.717) is 11.4 Å². The molecule has 6 heteroatoms. The van der Waals surface area contributed by atoms with Gasteiger partial charge in [-0.25, -0.2) is 0 Å². The highest BCUT2D eigenvalue weighted by Crippen LogP contribution is 2.22. The molecule has 0 aliphatic carbocycles. The van der Waals surface area contributed by atoms with E-state index >= 15 is 0 Å². The molecule has 1 saturated heterocycles. The van der Waals surface area contributed by atoms with Crippen molar-refractivity contribution in [3.63, 3.8) is 0 Å². The molecule has 0 aromatic carbocycles. The summed E-state index contributed by atoms with van der Waals surface area (Å²) >= 11 is 1.37. The van der Waals surface area contributed by atoms with Gasteiger partial charge in [-0.3, -0.25) is 14.4 Å². The zero-order chi connectivity index (χ0) is 14.5. The summed E-state index contributed by atoms with van der Waals surface area (Å²) in [4.78, 5) is 37.0. The van der Waals surface area contributed by atoms with Crippen molar-refractivity contribution in [3.05, 3.63) is 22.4 Å². The molecule has 0 radical (unpaired) electrons. The van der Waals surface area contributed by atoms with Crippen molar-refractivity contribution < 1.29 is 19.5 Å². The Bertz CT molecular complexity index is 497. The molecule has 1 fully saturated rings. The largest absolute Gasteiger partial charge is 0.481 e. The van der Waals surface area contributed by atoms with Crippen molar-refractivity contribution in [2.24, 2.45) is 0 Å². The molecule has 1 unspecified atom stereocenters. The predicted octanol–water partition coefficient (Wildman–Crippen LogP) is 2.18. The Morgan fingerprint density at radius 2 is 2.15 bits per heavy atom. The molecule has 2 heterocycles. The van der Waals surface area contributed by atoms with E-state index in [1.54, 1.807) is 11.0 Å². The lowest BCUT2D eigenvalue weighted by atomic mass is 10.1. The van der Waals surface area contributed by atoms with Crippen LogP contribution in [0.3, 0.4) is 0 Å². The molecule has 1 N–H and O–H groups in total. The van der Waals surface area contributed by atoms with E-state index in [2.05, 4.69) is 0 Å². The Hall–Kier alpha value is -1.69. The lowest BCUT2D eigenvalue weighted by molar-refractivity contribution is -0.139. The number of carbonyl (C=O) groups excluding carboxylic acids is 2. The number of thiophene rings is 1. The van der Waals surface area contributed by atoms with Gasteiger partial charge in [-0.2, -0.15) is 0 Å². The third-order valence-electron chi connectivity index (χ3n) is 3.47. The van der Waals surface area contributed by atoms with Gasteiger partial charge in [0.1, 0.15) is 0 Å². The number of amides is 1. The first-order chi connectivity index (χ1) is 9.58. The smallest absolute Gasteiger partial charge is 0.305 e. The van der Waals surface area contributed by atoms with Crippen LogP contribution in [0.25, 0.3) is 0 Å². The lowest BCUT2D eigenvalue weighted by Gasteiger charge is -2.23. The van der Waals surface area contributed by atoms with Gasteiger partial charge >= 0.3 is 5.97 Å². The second-order valence-corrected chi connectivity index (χ2v) is 5.83. The zero-order valence-corrected chi connectivity index (χ0v) is 11.9. The number of nitrogens with zero attached hydrogens (tertiary/aromatic N) is 1. The molecule has 1 aromatic heterocycles. The van der Waals surface area contributed by atoms with E-state index < -0.39 is 5.97 Å². The quantitative estimate of drug-likeness (QED) is 0.816. The molecule has 20 heavy (non-hydrogen) atoms. The molecule has 0 spiro atoms. The van der Waals surface area contributed by atoms with E-state index in [1.165, 1.54) is 11.3 Å². The number of hydrogen-bond donors (Lipinski definition) is 1. The van der Waals surface area contributed by atoms with Crippen LogP contribution >= 0.6 is 11.3 Å². The van der Waals surface area contributed by atoms with Crippen LogP contribution in [0, 0.1) is 0 Å². The van der Waals surface area contributed by atoms with Crippen LogP contribution in [0.4, 0.5) is 0 Å². The van der Waals surface area contributed by atoms with Gasteiger partial charge in [0, 0.05) is 25.4 Å². The summed E-state index contributed by atoms with van der Waals surface area (Å²) in [6.45, 7) is 0.601. The first kappa shape index (κ1) is 14.7. The van der Waals surface area contributed by atoms with Crippen LogP contribution in [0.2, 0.25) is 0 Å². The van der Waals surface area contributed by atoms with Crippen molar-refractivity contribution >= 4 is 29.0 Å². The summed E-state index contributed by atoms with van der Waals surface area (Å²) in [5, 5.41) is 10.7. The minimum atomic E-state index is -0.885. The van der Waals surface area contributed by atoms with Gasteiger partial charge in [-0.05, 0) is 24.3 Å². The maximum atomic E-state index is 12.1. The molecule has 1 aromatic rings. The highest BCUT2D eigenvalue weighted by atomic mass is 32.1. The number of aliphatic carboxylic acids is 1. The molecule has 0 saturated carbocycles. The van der Waals surface area contributed by atoms with Crippen molar-refractivity contribution in [3.8, 4) is 0 Å². The summed E-state index contributed by atoms with van der Waals surface area (Å²) in [6.07, 6.45) is 1.91. The fraction of sp³-hybridized carbons (Fsp3) is 0.500. The Morgan fingerprint density at radius 1 is 1.35 bits per heavy atom. The van der Waals surface area contributed by atoms with Crippen LogP contribution in [0.15, 0.2) is 17.5 Å². The molecule has 0 bridgehead atoms. The standard InChI is InChI=1S/C14H17NO4S/c16-11(12-4-2-8-20-12)5-6-13(17)15-7-1-3-10(15)9-14(18)19/h2,4,8,10H,1,3,5-7,9H2,(H,18,19).